The highest BCUT2D eigenvalue weighted by Crippen LogP contribution is 2.07. The number of hydrogen-bond donors (Lipinski definition) is 1. The summed E-state index contributed by atoms with van der Waals surface area (Å²) < 4.78 is 5.19. The van der Waals surface area contributed by atoms with Crippen molar-refractivity contribution in [1.29, 1.82) is 5.26 Å². The molecule has 0 saturated heterocycles. The molecule has 0 bridgehead atoms. The molecule has 0 heterocycles. The number of esters is 1. The van der Waals surface area contributed by atoms with Crippen LogP contribution < -0.4 is 5.32 Å². The number of rotatable bonds is 5. The second kappa shape index (κ2) is 7.93. The van der Waals surface area contributed by atoms with Crippen LogP contribution in [0.25, 0.3) is 0 Å². The summed E-state index contributed by atoms with van der Waals surface area (Å²) in [5.41, 5.74) is 2.69. The van der Waals surface area contributed by atoms with Crippen molar-refractivity contribution in [3.8, 4) is 6.07 Å². The van der Waals surface area contributed by atoms with E-state index in [1.807, 2.05) is 19.1 Å². The van der Waals surface area contributed by atoms with E-state index in [4.69, 9.17) is 10.00 Å². The summed E-state index contributed by atoms with van der Waals surface area (Å²) in [6.45, 7) is 3.52. The van der Waals surface area contributed by atoms with Gasteiger partial charge in [-0.15, -0.1) is 0 Å². The number of nitriles is 1. The molecule has 0 aliphatic carbocycles. The zero-order valence-electron chi connectivity index (χ0n) is 13.6. The van der Waals surface area contributed by atoms with Crippen molar-refractivity contribution < 1.29 is 14.3 Å². The third kappa shape index (κ3) is 4.68. The highest BCUT2D eigenvalue weighted by molar-refractivity contribution is 5.96. The number of hydrogen-bond acceptors (Lipinski definition) is 4. The maximum atomic E-state index is 12.1. The Morgan fingerprint density at radius 3 is 2.67 bits per heavy atom. The van der Waals surface area contributed by atoms with Gasteiger partial charge in [-0.2, -0.15) is 5.26 Å². The van der Waals surface area contributed by atoms with Gasteiger partial charge in [0, 0.05) is 5.56 Å². The number of amides is 1. The maximum absolute atomic E-state index is 12.1. The summed E-state index contributed by atoms with van der Waals surface area (Å²) in [4.78, 5) is 24.1. The molecule has 5 heteroatoms. The number of aryl methyl sites for hydroxylation is 1. The third-order valence-corrected chi connectivity index (χ3v) is 3.42. The Bertz CT molecular complexity index is 793. The lowest BCUT2D eigenvalue weighted by molar-refractivity contribution is -0.146. The topological polar surface area (TPSA) is 79.2 Å². The Labute approximate surface area is 140 Å². The van der Waals surface area contributed by atoms with Gasteiger partial charge in [-0.05, 0) is 43.7 Å². The van der Waals surface area contributed by atoms with Gasteiger partial charge in [0.1, 0.15) is 12.6 Å². The molecular formula is C19H18N2O3. The molecule has 1 atom stereocenters. The molecule has 0 radical (unpaired) electrons. The molecule has 1 amide bonds. The lowest BCUT2D eigenvalue weighted by atomic mass is 10.1. The van der Waals surface area contributed by atoms with Crippen molar-refractivity contribution in [3.63, 3.8) is 0 Å². The van der Waals surface area contributed by atoms with Crippen LogP contribution in [0.5, 0.6) is 0 Å². The van der Waals surface area contributed by atoms with Crippen molar-refractivity contribution in [2.24, 2.45) is 0 Å². The normalized spacial score (nSPS) is 11.2. The van der Waals surface area contributed by atoms with Crippen molar-refractivity contribution in [2.45, 2.75) is 26.5 Å². The lowest BCUT2D eigenvalue weighted by Gasteiger charge is -2.14. The molecule has 0 saturated carbocycles. The van der Waals surface area contributed by atoms with Crippen LogP contribution in [0, 0.1) is 18.3 Å². The number of nitrogens with one attached hydrogen (secondary N) is 1. The molecule has 0 fully saturated rings. The smallest absolute Gasteiger partial charge is 0.328 e. The van der Waals surface area contributed by atoms with Gasteiger partial charge in [0.2, 0.25) is 0 Å². The van der Waals surface area contributed by atoms with E-state index in [1.54, 1.807) is 49.4 Å². The fraction of sp³-hybridized carbons (Fsp3) is 0.211. The molecule has 24 heavy (non-hydrogen) atoms. The minimum absolute atomic E-state index is 0.0546. The highest BCUT2D eigenvalue weighted by Gasteiger charge is 2.18. The molecule has 2 aromatic rings. The van der Waals surface area contributed by atoms with Crippen LogP contribution >= 0.6 is 0 Å². The van der Waals surface area contributed by atoms with Crippen LogP contribution in [0.2, 0.25) is 0 Å². The van der Waals surface area contributed by atoms with Crippen molar-refractivity contribution in [1.82, 2.24) is 5.32 Å². The average molecular weight is 322 g/mol. The summed E-state index contributed by atoms with van der Waals surface area (Å²) in [5, 5.41) is 11.5. The third-order valence-electron chi connectivity index (χ3n) is 3.42. The van der Waals surface area contributed by atoms with Gasteiger partial charge in [-0.1, -0.05) is 29.8 Å². The minimum Gasteiger partial charge on any atom is -0.459 e. The summed E-state index contributed by atoms with van der Waals surface area (Å²) in [5.74, 6) is -0.854. The SMILES string of the molecule is Cc1cccc(C(=O)NC(C)C(=O)OCc2cccc(C#N)c2)c1. The number of benzene rings is 2. The maximum Gasteiger partial charge on any atom is 0.328 e. The van der Waals surface area contributed by atoms with Crippen LogP contribution in [0.4, 0.5) is 0 Å². The summed E-state index contributed by atoms with van der Waals surface area (Å²) in [7, 11) is 0. The van der Waals surface area contributed by atoms with E-state index in [1.165, 1.54) is 0 Å². The Hall–Kier alpha value is -3.13. The van der Waals surface area contributed by atoms with Gasteiger partial charge < -0.3 is 10.1 Å². The van der Waals surface area contributed by atoms with Crippen LogP contribution in [0.3, 0.4) is 0 Å². The first-order chi connectivity index (χ1) is 11.5. The molecule has 1 N–H and O–H groups in total. The first-order valence-electron chi connectivity index (χ1n) is 7.53. The zero-order chi connectivity index (χ0) is 17.5. The standard InChI is InChI=1S/C19H18N2O3/c1-13-5-3-8-17(9-13)18(22)21-14(2)19(23)24-12-16-7-4-6-15(10-16)11-20/h3-10,14H,12H2,1-2H3,(H,21,22). The fourth-order valence-electron chi connectivity index (χ4n) is 2.14. The van der Waals surface area contributed by atoms with Gasteiger partial charge in [-0.25, -0.2) is 4.79 Å². The second-order valence-electron chi connectivity index (χ2n) is 5.48. The quantitative estimate of drug-likeness (QED) is 0.858. The predicted molar refractivity (Wildman–Crippen MR) is 89.1 cm³/mol. The predicted octanol–water partition coefficient (Wildman–Crippen LogP) is 2.73. The lowest BCUT2D eigenvalue weighted by Crippen LogP contribution is -2.39. The molecule has 0 aliphatic rings. The van der Waals surface area contributed by atoms with E-state index in [-0.39, 0.29) is 12.5 Å². The van der Waals surface area contributed by atoms with Crippen molar-refractivity contribution in [2.75, 3.05) is 0 Å². The Morgan fingerprint density at radius 2 is 1.96 bits per heavy atom. The summed E-state index contributed by atoms with van der Waals surface area (Å²) in [6.07, 6.45) is 0. The molecule has 1 unspecified atom stereocenters. The second-order valence-corrected chi connectivity index (χ2v) is 5.48. The van der Waals surface area contributed by atoms with Gasteiger partial charge in [-0.3, -0.25) is 4.79 Å². The molecule has 2 aromatic carbocycles. The number of carbonyl (C=O) groups is 2. The van der Waals surface area contributed by atoms with E-state index in [9.17, 15) is 9.59 Å². The van der Waals surface area contributed by atoms with Crippen LogP contribution in [0.1, 0.15) is 34.0 Å². The van der Waals surface area contributed by atoms with E-state index in [2.05, 4.69) is 5.32 Å². The molecule has 2 rings (SSSR count). The van der Waals surface area contributed by atoms with Crippen molar-refractivity contribution in [3.05, 3.63) is 70.8 Å². The molecule has 0 aromatic heterocycles. The molecule has 0 aliphatic heterocycles. The monoisotopic (exact) mass is 322 g/mol. The summed E-state index contributed by atoms with van der Waals surface area (Å²) >= 11 is 0. The first kappa shape index (κ1) is 17.2. The zero-order valence-corrected chi connectivity index (χ0v) is 13.6. The van der Waals surface area contributed by atoms with Crippen LogP contribution in [0.15, 0.2) is 48.5 Å². The Morgan fingerprint density at radius 1 is 1.21 bits per heavy atom. The van der Waals surface area contributed by atoms with Gasteiger partial charge in [0.25, 0.3) is 5.91 Å². The van der Waals surface area contributed by atoms with E-state index < -0.39 is 12.0 Å². The van der Waals surface area contributed by atoms with Crippen LogP contribution in [-0.4, -0.2) is 17.9 Å². The fourth-order valence-corrected chi connectivity index (χ4v) is 2.14. The van der Waals surface area contributed by atoms with E-state index in [0.29, 0.717) is 11.1 Å². The van der Waals surface area contributed by atoms with Gasteiger partial charge >= 0.3 is 5.97 Å². The minimum atomic E-state index is -0.767. The molecular weight excluding hydrogens is 304 g/mol. The summed E-state index contributed by atoms with van der Waals surface area (Å²) in [6, 6.07) is 15.2. The largest absolute Gasteiger partial charge is 0.459 e. The molecule has 122 valence electrons. The van der Waals surface area contributed by atoms with Gasteiger partial charge in [0.15, 0.2) is 0 Å². The molecule has 0 spiro atoms. The number of nitrogens with zero attached hydrogens (tertiary/aromatic N) is 1. The molecule has 5 nitrogen and oxygen atoms in total. The Balaban J connectivity index is 1.90. The van der Waals surface area contributed by atoms with Crippen molar-refractivity contribution >= 4 is 11.9 Å². The number of carbonyl (C=O) groups excluding carboxylic acids is 2. The number of ether oxygens (including phenoxy) is 1. The van der Waals surface area contributed by atoms with Gasteiger partial charge in [0.05, 0.1) is 11.6 Å². The Kier molecular flexibility index (Phi) is 5.69. The van der Waals surface area contributed by atoms with E-state index in [0.717, 1.165) is 11.1 Å². The first-order valence-corrected chi connectivity index (χ1v) is 7.53. The average Bonchev–Trinajstić information content (AvgIpc) is 2.59. The van der Waals surface area contributed by atoms with Crippen LogP contribution in [-0.2, 0) is 16.1 Å². The van der Waals surface area contributed by atoms with E-state index >= 15 is 0 Å². The highest BCUT2D eigenvalue weighted by atomic mass is 16.5.